The third-order valence-corrected chi connectivity index (χ3v) is 2.27. The van der Waals surface area contributed by atoms with Gasteiger partial charge in [-0.3, -0.25) is 5.43 Å². The number of rotatable bonds is 9. The molecular formula is C12H26N2O2. The van der Waals surface area contributed by atoms with Crippen molar-refractivity contribution < 1.29 is 9.53 Å². The maximum atomic E-state index is 11.1. The van der Waals surface area contributed by atoms with Crippen LogP contribution in [0.15, 0.2) is 0 Å². The van der Waals surface area contributed by atoms with Gasteiger partial charge in [-0.25, -0.2) is 10.2 Å². The smallest absolute Gasteiger partial charge is 0.421 e. The fraction of sp³-hybridized carbons (Fsp3) is 0.917. The van der Waals surface area contributed by atoms with Gasteiger partial charge in [0.2, 0.25) is 0 Å². The normalized spacial score (nSPS) is 10.5. The van der Waals surface area contributed by atoms with Crippen LogP contribution >= 0.6 is 0 Å². The molecule has 0 unspecified atom stereocenters. The lowest BCUT2D eigenvalue weighted by Crippen LogP contribution is -2.38. The van der Waals surface area contributed by atoms with Crippen molar-refractivity contribution >= 4 is 6.09 Å². The summed E-state index contributed by atoms with van der Waals surface area (Å²) in [6.07, 6.45) is 5.29. The summed E-state index contributed by atoms with van der Waals surface area (Å²) in [6, 6.07) is 0. The second-order valence-corrected chi connectivity index (χ2v) is 4.43. The second kappa shape index (κ2) is 10.7. The van der Waals surface area contributed by atoms with Crippen molar-refractivity contribution in [2.24, 2.45) is 5.92 Å². The number of nitrogens with one attached hydrogen (secondary N) is 2. The molecule has 0 saturated heterocycles. The Morgan fingerprint density at radius 2 is 2.00 bits per heavy atom. The summed E-state index contributed by atoms with van der Waals surface area (Å²) in [5, 5.41) is 0. The van der Waals surface area contributed by atoms with E-state index in [1.165, 1.54) is 19.3 Å². The van der Waals surface area contributed by atoms with Crippen LogP contribution in [0.5, 0.6) is 0 Å². The van der Waals surface area contributed by atoms with Crippen molar-refractivity contribution in [1.82, 2.24) is 10.9 Å². The maximum absolute atomic E-state index is 11.1. The number of carbonyl (C=O) groups is 1. The number of ether oxygens (including phenoxy) is 1. The van der Waals surface area contributed by atoms with E-state index in [9.17, 15) is 4.79 Å². The SMILES string of the molecule is CCCCCCNNC(=O)OCCC(C)C. The third kappa shape index (κ3) is 11.3. The minimum absolute atomic E-state index is 0.379. The zero-order chi connectivity index (χ0) is 12.2. The minimum Gasteiger partial charge on any atom is -0.449 e. The molecule has 0 atom stereocenters. The summed E-state index contributed by atoms with van der Waals surface area (Å²) >= 11 is 0. The van der Waals surface area contributed by atoms with E-state index in [2.05, 4.69) is 31.6 Å². The number of unbranched alkanes of at least 4 members (excludes halogenated alkanes) is 3. The number of amides is 1. The molecule has 0 rings (SSSR count). The predicted octanol–water partition coefficient (Wildman–Crippen LogP) is 2.84. The van der Waals surface area contributed by atoms with Gasteiger partial charge in [-0.2, -0.15) is 0 Å². The number of hydrogen-bond donors (Lipinski definition) is 2. The Morgan fingerprint density at radius 1 is 1.25 bits per heavy atom. The van der Waals surface area contributed by atoms with E-state index in [1.54, 1.807) is 0 Å². The Labute approximate surface area is 99.1 Å². The molecule has 0 heterocycles. The molecule has 0 saturated carbocycles. The molecule has 0 aromatic rings. The lowest BCUT2D eigenvalue weighted by Gasteiger charge is -2.09. The van der Waals surface area contributed by atoms with E-state index in [1.807, 2.05) is 0 Å². The van der Waals surface area contributed by atoms with Gasteiger partial charge in [0.05, 0.1) is 6.61 Å². The minimum atomic E-state index is -0.379. The first-order valence-corrected chi connectivity index (χ1v) is 6.32. The zero-order valence-corrected chi connectivity index (χ0v) is 10.8. The maximum Gasteiger partial charge on any atom is 0.421 e. The molecular weight excluding hydrogens is 204 g/mol. The fourth-order valence-electron chi connectivity index (χ4n) is 1.20. The largest absolute Gasteiger partial charge is 0.449 e. The molecule has 0 aliphatic carbocycles. The highest BCUT2D eigenvalue weighted by molar-refractivity contribution is 5.66. The van der Waals surface area contributed by atoms with Crippen molar-refractivity contribution in [1.29, 1.82) is 0 Å². The molecule has 0 fully saturated rings. The monoisotopic (exact) mass is 230 g/mol. The highest BCUT2D eigenvalue weighted by Crippen LogP contribution is 1.98. The quantitative estimate of drug-likeness (QED) is 0.473. The van der Waals surface area contributed by atoms with Crippen LogP contribution in [0.2, 0.25) is 0 Å². The lowest BCUT2D eigenvalue weighted by atomic mass is 10.1. The predicted molar refractivity (Wildman–Crippen MR) is 66.1 cm³/mol. The van der Waals surface area contributed by atoms with Crippen molar-refractivity contribution in [3.8, 4) is 0 Å². The summed E-state index contributed by atoms with van der Waals surface area (Å²) in [5.74, 6) is 0.565. The molecule has 1 amide bonds. The molecule has 0 aromatic heterocycles. The Balaban J connectivity index is 3.17. The summed E-state index contributed by atoms with van der Waals surface area (Å²) in [4.78, 5) is 11.1. The van der Waals surface area contributed by atoms with Crippen molar-refractivity contribution in [3.63, 3.8) is 0 Å². The van der Waals surface area contributed by atoms with Crippen LogP contribution in [0.3, 0.4) is 0 Å². The molecule has 0 aliphatic heterocycles. The van der Waals surface area contributed by atoms with Gasteiger partial charge in [-0.05, 0) is 18.8 Å². The molecule has 16 heavy (non-hydrogen) atoms. The Hall–Kier alpha value is -0.770. The second-order valence-electron chi connectivity index (χ2n) is 4.43. The number of hydrazine groups is 1. The summed E-state index contributed by atoms with van der Waals surface area (Å²) in [6.45, 7) is 7.68. The van der Waals surface area contributed by atoms with Gasteiger partial charge >= 0.3 is 6.09 Å². The highest BCUT2D eigenvalue weighted by Gasteiger charge is 2.01. The first-order chi connectivity index (χ1) is 7.66. The molecule has 96 valence electrons. The first kappa shape index (κ1) is 15.2. The highest BCUT2D eigenvalue weighted by atomic mass is 16.6. The van der Waals surface area contributed by atoms with E-state index in [4.69, 9.17) is 4.74 Å². The van der Waals surface area contributed by atoms with E-state index in [-0.39, 0.29) is 6.09 Å². The molecule has 4 heteroatoms. The first-order valence-electron chi connectivity index (χ1n) is 6.32. The van der Waals surface area contributed by atoms with E-state index in [0.29, 0.717) is 12.5 Å². The molecule has 0 aliphatic rings. The van der Waals surface area contributed by atoms with Crippen LogP contribution in [0.25, 0.3) is 0 Å². The number of hydrogen-bond acceptors (Lipinski definition) is 3. The standard InChI is InChI=1S/C12H26N2O2/c1-4-5-6-7-9-13-14-12(15)16-10-8-11(2)3/h11,13H,4-10H2,1-3H3,(H,14,15). The van der Waals surface area contributed by atoms with Gasteiger partial charge in [0, 0.05) is 6.54 Å². The number of carbonyl (C=O) groups excluding carboxylic acids is 1. The van der Waals surface area contributed by atoms with Gasteiger partial charge in [-0.15, -0.1) is 0 Å². The molecule has 0 radical (unpaired) electrons. The van der Waals surface area contributed by atoms with Gasteiger partial charge in [0.15, 0.2) is 0 Å². The summed E-state index contributed by atoms with van der Waals surface area (Å²) in [5.41, 5.74) is 5.38. The van der Waals surface area contributed by atoms with Crippen LogP contribution in [-0.4, -0.2) is 19.2 Å². The molecule has 0 bridgehead atoms. The molecule has 2 N–H and O–H groups in total. The Kier molecular flexibility index (Phi) is 10.2. The lowest BCUT2D eigenvalue weighted by molar-refractivity contribution is 0.136. The van der Waals surface area contributed by atoms with E-state index < -0.39 is 0 Å². The van der Waals surface area contributed by atoms with Crippen LogP contribution in [0.1, 0.15) is 52.9 Å². The van der Waals surface area contributed by atoms with Gasteiger partial charge in [0.25, 0.3) is 0 Å². The molecule has 0 spiro atoms. The van der Waals surface area contributed by atoms with Crippen LogP contribution in [0, 0.1) is 5.92 Å². The van der Waals surface area contributed by atoms with Crippen molar-refractivity contribution in [3.05, 3.63) is 0 Å². The molecule has 4 nitrogen and oxygen atoms in total. The van der Waals surface area contributed by atoms with Crippen LogP contribution < -0.4 is 10.9 Å². The van der Waals surface area contributed by atoms with Crippen molar-refractivity contribution in [2.75, 3.05) is 13.2 Å². The Morgan fingerprint density at radius 3 is 2.62 bits per heavy atom. The van der Waals surface area contributed by atoms with Crippen molar-refractivity contribution in [2.45, 2.75) is 52.9 Å². The van der Waals surface area contributed by atoms with Gasteiger partial charge < -0.3 is 4.74 Å². The van der Waals surface area contributed by atoms with Crippen LogP contribution in [-0.2, 0) is 4.74 Å². The van der Waals surface area contributed by atoms with E-state index >= 15 is 0 Å². The van der Waals surface area contributed by atoms with Crippen LogP contribution in [0.4, 0.5) is 4.79 Å². The molecule has 0 aromatic carbocycles. The zero-order valence-electron chi connectivity index (χ0n) is 10.8. The summed E-state index contributed by atoms with van der Waals surface area (Å²) in [7, 11) is 0. The summed E-state index contributed by atoms with van der Waals surface area (Å²) < 4.78 is 4.97. The fourth-order valence-corrected chi connectivity index (χ4v) is 1.20. The third-order valence-electron chi connectivity index (χ3n) is 2.27. The average molecular weight is 230 g/mol. The van der Waals surface area contributed by atoms with E-state index in [0.717, 1.165) is 19.4 Å². The Bertz CT molecular complexity index is 172. The van der Waals surface area contributed by atoms with Gasteiger partial charge in [-0.1, -0.05) is 40.0 Å². The average Bonchev–Trinajstić information content (AvgIpc) is 2.22. The van der Waals surface area contributed by atoms with Gasteiger partial charge in [0.1, 0.15) is 0 Å². The topological polar surface area (TPSA) is 50.4 Å².